The number of nitrogens with one attached hydrogen (secondary N) is 1. The highest BCUT2D eigenvalue weighted by Crippen LogP contribution is 2.32. The van der Waals surface area contributed by atoms with Gasteiger partial charge in [0.05, 0.1) is 18.9 Å². The highest BCUT2D eigenvalue weighted by atomic mass is 16.5. The Morgan fingerprint density at radius 1 is 1.25 bits per heavy atom. The molecule has 2 atom stereocenters. The first-order valence-corrected chi connectivity index (χ1v) is 6.75. The second-order valence-corrected chi connectivity index (χ2v) is 5.05. The summed E-state index contributed by atoms with van der Waals surface area (Å²) in [6, 6.07) is 7.42. The van der Waals surface area contributed by atoms with E-state index >= 15 is 0 Å². The van der Waals surface area contributed by atoms with Crippen LogP contribution in [0.5, 0.6) is 5.75 Å². The van der Waals surface area contributed by atoms with Gasteiger partial charge in [0.1, 0.15) is 5.75 Å². The first kappa shape index (κ1) is 14.4. The average molecular weight is 277 g/mol. The zero-order valence-electron chi connectivity index (χ0n) is 11.5. The third kappa shape index (κ3) is 3.29. The van der Waals surface area contributed by atoms with Crippen molar-refractivity contribution < 1.29 is 19.4 Å². The van der Waals surface area contributed by atoms with Gasteiger partial charge in [0.2, 0.25) is 5.91 Å². The van der Waals surface area contributed by atoms with Gasteiger partial charge in [-0.15, -0.1) is 0 Å². The molecule has 2 rings (SSSR count). The van der Waals surface area contributed by atoms with Crippen molar-refractivity contribution in [2.24, 2.45) is 11.8 Å². The molecule has 1 aliphatic rings. The quantitative estimate of drug-likeness (QED) is 0.860. The van der Waals surface area contributed by atoms with Crippen LogP contribution in [0.25, 0.3) is 0 Å². The molecule has 2 N–H and O–H groups in total. The van der Waals surface area contributed by atoms with E-state index in [0.717, 1.165) is 17.7 Å². The average Bonchev–Trinajstić information content (AvgIpc) is 2.95. The molecule has 1 aromatic carbocycles. The summed E-state index contributed by atoms with van der Waals surface area (Å²) < 4.78 is 5.06. The fourth-order valence-corrected chi connectivity index (χ4v) is 2.63. The lowest BCUT2D eigenvalue weighted by molar-refractivity contribution is -0.146. The largest absolute Gasteiger partial charge is 0.497 e. The lowest BCUT2D eigenvalue weighted by Crippen LogP contribution is -2.34. The predicted molar refractivity (Wildman–Crippen MR) is 73.3 cm³/mol. The van der Waals surface area contributed by atoms with E-state index in [-0.39, 0.29) is 5.91 Å². The second-order valence-electron chi connectivity index (χ2n) is 5.05. The minimum absolute atomic E-state index is 0.161. The van der Waals surface area contributed by atoms with Gasteiger partial charge in [-0.1, -0.05) is 18.6 Å². The van der Waals surface area contributed by atoms with Crippen LogP contribution in [0.1, 0.15) is 24.8 Å². The van der Waals surface area contributed by atoms with Crippen molar-refractivity contribution in [2.75, 3.05) is 7.11 Å². The van der Waals surface area contributed by atoms with Crippen molar-refractivity contribution in [3.05, 3.63) is 29.8 Å². The van der Waals surface area contributed by atoms with Crippen LogP contribution in [0.3, 0.4) is 0 Å². The van der Waals surface area contributed by atoms with E-state index in [1.165, 1.54) is 0 Å². The first-order chi connectivity index (χ1) is 9.61. The number of ether oxygens (including phenoxy) is 1. The number of rotatable bonds is 5. The number of amides is 1. The Labute approximate surface area is 117 Å². The lowest BCUT2D eigenvalue weighted by Gasteiger charge is -2.15. The third-order valence-electron chi connectivity index (χ3n) is 3.80. The number of carboxylic acids is 1. The Kier molecular flexibility index (Phi) is 4.61. The van der Waals surface area contributed by atoms with E-state index in [1.54, 1.807) is 7.11 Å². The zero-order chi connectivity index (χ0) is 14.5. The van der Waals surface area contributed by atoms with Gasteiger partial charge < -0.3 is 15.2 Å². The van der Waals surface area contributed by atoms with Gasteiger partial charge in [-0.05, 0) is 30.5 Å². The molecule has 0 unspecified atom stereocenters. The molecule has 108 valence electrons. The van der Waals surface area contributed by atoms with Crippen molar-refractivity contribution >= 4 is 11.9 Å². The Morgan fingerprint density at radius 2 is 1.90 bits per heavy atom. The van der Waals surface area contributed by atoms with Crippen molar-refractivity contribution in [1.82, 2.24) is 5.32 Å². The molecule has 0 bridgehead atoms. The number of aliphatic carboxylic acids is 1. The van der Waals surface area contributed by atoms with Gasteiger partial charge in [0.25, 0.3) is 0 Å². The fourth-order valence-electron chi connectivity index (χ4n) is 2.63. The zero-order valence-corrected chi connectivity index (χ0v) is 11.5. The number of carbonyl (C=O) groups is 2. The second kappa shape index (κ2) is 6.41. The molecular formula is C15H19NO4. The number of carbonyl (C=O) groups excluding carboxylic acids is 1. The van der Waals surface area contributed by atoms with Crippen LogP contribution in [-0.4, -0.2) is 24.1 Å². The number of hydrogen-bond acceptors (Lipinski definition) is 3. The maximum atomic E-state index is 12.1. The third-order valence-corrected chi connectivity index (χ3v) is 3.80. The minimum atomic E-state index is -0.868. The van der Waals surface area contributed by atoms with Crippen LogP contribution in [0, 0.1) is 11.8 Å². The molecule has 20 heavy (non-hydrogen) atoms. The van der Waals surface area contributed by atoms with Crippen molar-refractivity contribution in [3.8, 4) is 5.75 Å². The fraction of sp³-hybridized carbons (Fsp3) is 0.467. The van der Waals surface area contributed by atoms with Gasteiger partial charge in [-0.2, -0.15) is 0 Å². The monoisotopic (exact) mass is 277 g/mol. The van der Waals surface area contributed by atoms with Gasteiger partial charge in [-0.3, -0.25) is 9.59 Å². The Balaban J connectivity index is 1.89. The van der Waals surface area contributed by atoms with E-state index in [2.05, 4.69) is 5.32 Å². The maximum Gasteiger partial charge on any atom is 0.307 e. The lowest BCUT2D eigenvalue weighted by atomic mass is 9.95. The first-order valence-electron chi connectivity index (χ1n) is 6.75. The molecule has 5 nitrogen and oxygen atoms in total. The highest BCUT2D eigenvalue weighted by molar-refractivity contribution is 5.85. The summed E-state index contributed by atoms with van der Waals surface area (Å²) in [6.45, 7) is 0.408. The number of hydrogen-bond donors (Lipinski definition) is 2. The summed E-state index contributed by atoms with van der Waals surface area (Å²) in [4.78, 5) is 23.1. The highest BCUT2D eigenvalue weighted by Gasteiger charge is 2.37. The molecular weight excluding hydrogens is 258 g/mol. The summed E-state index contributed by atoms with van der Waals surface area (Å²) in [5.74, 6) is -1.20. The molecule has 0 saturated heterocycles. The molecule has 1 aliphatic carbocycles. The van der Waals surface area contributed by atoms with Crippen LogP contribution in [0.4, 0.5) is 0 Å². The normalized spacial score (nSPS) is 21.4. The Hall–Kier alpha value is -2.04. The molecule has 0 heterocycles. The summed E-state index contributed by atoms with van der Waals surface area (Å²) in [6.07, 6.45) is 2.05. The van der Waals surface area contributed by atoms with E-state index in [4.69, 9.17) is 9.84 Å². The number of carboxylic acid groups (broad SMARTS) is 1. The maximum absolute atomic E-state index is 12.1. The van der Waals surface area contributed by atoms with Crippen molar-refractivity contribution in [1.29, 1.82) is 0 Å². The van der Waals surface area contributed by atoms with Crippen LogP contribution in [0.15, 0.2) is 24.3 Å². The van der Waals surface area contributed by atoms with Gasteiger partial charge in [-0.25, -0.2) is 0 Å². The molecule has 5 heteroatoms. The van der Waals surface area contributed by atoms with E-state index in [1.807, 2.05) is 24.3 Å². The summed E-state index contributed by atoms with van der Waals surface area (Å²) >= 11 is 0. The number of methoxy groups -OCH3 is 1. The van der Waals surface area contributed by atoms with Crippen LogP contribution in [-0.2, 0) is 16.1 Å². The molecule has 0 aromatic heterocycles. The summed E-state index contributed by atoms with van der Waals surface area (Å²) in [5.41, 5.74) is 0.962. The number of benzene rings is 1. The predicted octanol–water partition coefficient (Wildman–Crippen LogP) is 1.81. The van der Waals surface area contributed by atoms with Crippen LogP contribution < -0.4 is 10.1 Å². The van der Waals surface area contributed by atoms with Crippen molar-refractivity contribution in [3.63, 3.8) is 0 Å². The van der Waals surface area contributed by atoms with E-state index in [0.29, 0.717) is 19.4 Å². The Bertz CT molecular complexity index is 483. The standard InChI is InChI=1S/C15H19NO4/c1-20-11-7-5-10(6-8-11)9-16-14(17)12-3-2-4-13(12)15(18)19/h5-8,12-13H,2-4,9H2,1H3,(H,16,17)(H,18,19)/t12-,13+/m1/s1. The molecule has 0 radical (unpaired) electrons. The molecule has 1 amide bonds. The molecule has 0 aliphatic heterocycles. The van der Waals surface area contributed by atoms with E-state index < -0.39 is 17.8 Å². The summed E-state index contributed by atoms with van der Waals surface area (Å²) in [7, 11) is 1.60. The van der Waals surface area contributed by atoms with Gasteiger partial charge in [0, 0.05) is 6.54 Å². The topological polar surface area (TPSA) is 75.6 Å². The summed E-state index contributed by atoms with van der Waals surface area (Å²) in [5, 5.41) is 11.9. The smallest absolute Gasteiger partial charge is 0.307 e. The van der Waals surface area contributed by atoms with Crippen molar-refractivity contribution in [2.45, 2.75) is 25.8 Å². The minimum Gasteiger partial charge on any atom is -0.497 e. The SMILES string of the molecule is COc1ccc(CNC(=O)[C@@H]2CCC[C@@H]2C(=O)O)cc1. The molecule has 1 aromatic rings. The molecule has 0 spiro atoms. The van der Waals surface area contributed by atoms with Gasteiger partial charge in [0.15, 0.2) is 0 Å². The molecule has 1 saturated carbocycles. The van der Waals surface area contributed by atoms with Gasteiger partial charge >= 0.3 is 5.97 Å². The molecule has 1 fully saturated rings. The Morgan fingerprint density at radius 3 is 2.50 bits per heavy atom. The van der Waals surface area contributed by atoms with Crippen LogP contribution in [0.2, 0.25) is 0 Å². The van der Waals surface area contributed by atoms with Crippen LogP contribution >= 0.6 is 0 Å². The van der Waals surface area contributed by atoms with E-state index in [9.17, 15) is 9.59 Å².